The van der Waals surface area contributed by atoms with Crippen LogP contribution in [0.3, 0.4) is 0 Å². The van der Waals surface area contributed by atoms with Crippen molar-refractivity contribution in [3.05, 3.63) is 71.8 Å². The molecule has 0 aliphatic heterocycles. The van der Waals surface area contributed by atoms with E-state index in [0.717, 1.165) is 11.1 Å². The molecule has 0 unspecified atom stereocenters. The van der Waals surface area contributed by atoms with Crippen molar-refractivity contribution in [1.29, 1.82) is 0 Å². The van der Waals surface area contributed by atoms with E-state index in [0.29, 0.717) is 0 Å². The van der Waals surface area contributed by atoms with Crippen molar-refractivity contribution in [2.45, 2.75) is 38.8 Å². The van der Waals surface area contributed by atoms with E-state index in [1.54, 1.807) is 4.90 Å². The Labute approximate surface area is 127 Å². The molecule has 0 N–H and O–H groups in total. The van der Waals surface area contributed by atoms with Gasteiger partial charge in [-0.3, -0.25) is 4.79 Å². The van der Waals surface area contributed by atoms with Gasteiger partial charge in [0.05, 0.1) is 11.1 Å². The second kappa shape index (κ2) is 5.72. The number of benzene rings is 2. The molecule has 0 saturated heterocycles. The van der Waals surface area contributed by atoms with Crippen LogP contribution >= 0.6 is 0 Å². The van der Waals surface area contributed by atoms with Gasteiger partial charge in [0.1, 0.15) is 0 Å². The molecular weight excluding hydrogens is 258 g/mol. The van der Waals surface area contributed by atoms with E-state index in [9.17, 15) is 4.79 Å². The first-order chi connectivity index (χ1) is 9.90. The summed E-state index contributed by atoms with van der Waals surface area (Å²) < 4.78 is 0. The molecule has 1 amide bonds. The highest BCUT2D eigenvalue weighted by Crippen LogP contribution is 2.37. The molecule has 21 heavy (non-hydrogen) atoms. The van der Waals surface area contributed by atoms with Gasteiger partial charge in [0.2, 0.25) is 0 Å². The van der Waals surface area contributed by atoms with Crippen LogP contribution in [0.1, 0.15) is 38.8 Å². The van der Waals surface area contributed by atoms with Crippen molar-refractivity contribution in [1.82, 2.24) is 4.90 Å². The maximum atomic E-state index is 11.7. The fraction of sp³-hybridized carbons (Fsp3) is 0.316. The van der Waals surface area contributed by atoms with E-state index in [4.69, 9.17) is 0 Å². The summed E-state index contributed by atoms with van der Waals surface area (Å²) in [6, 6.07) is 20.1. The molecular formula is C19H22NO. The molecule has 0 aliphatic rings. The van der Waals surface area contributed by atoms with Crippen molar-refractivity contribution in [2.24, 2.45) is 0 Å². The van der Waals surface area contributed by atoms with Gasteiger partial charge < -0.3 is 4.90 Å². The maximum Gasteiger partial charge on any atom is 0.313 e. The first kappa shape index (κ1) is 15.3. The third kappa shape index (κ3) is 2.85. The van der Waals surface area contributed by atoms with Crippen LogP contribution in [0.4, 0.5) is 0 Å². The topological polar surface area (TPSA) is 20.3 Å². The molecule has 0 fully saturated rings. The molecule has 0 bridgehead atoms. The van der Waals surface area contributed by atoms with Gasteiger partial charge in [-0.25, -0.2) is 0 Å². The van der Waals surface area contributed by atoms with E-state index >= 15 is 0 Å². The van der Waals surface area contributed by atoms with E-state index in [-0.39, 0.29) is 0 Å². The molecule has 2 aromatic carbocycles. The van der Waals surface area contributed by atoms with Gasteiger partial charge in [0.15, 0.2) is 0 Å². The number of hydrogen-bond acceptors (Lipinski definition) is 1. The lowest BCUT2D eigenvalue weighted by atomic mass is 9.84. The molecule has 0 aliphatic carbocycles. The fourth-order valence-electron chi connectivity index (χ4n) is 2.88. The summed E-state index contributed by atoms with van der Waals surface area (Å²) in [5, 5.41) is 0. The lowest BCUT2D eigenvalue weighted by Gasteiger charge is -2.46. The van der Waals surface area contributed by atoms with Crippen molar-refractivity contribution in [3.63, 3.8) is 0 Å². The molecule has 0 heterocycles. The highest BCUT2D eigenvalue weighted by Gasteiger charge is 2.39. The van der Waals surface area contributed by atoms with Gasteiger partial charge in [0.25, 0.3) is 0 Å². The van der Waals surface area contributed by atoms with Gasteiger partial charge >= 0.3 is 6.41 Å². The molecule has 2 rings (SSSR count). The number of amides is 1. The molecule has 0 atom stereocenters. The molecule has 0 spiro atoms. The predicted octanol–water partition coefficient (Wildman–Crippen LogP) is 4.23. The Morgan fingerprint density at radius 2 is 1.05 bits per heavy atom. The van der Waals surface area contributed by atoms with Gasteiger partial charge in [-0.2, -0.15) is 0 Å². The number of carbonyl (C=O) groups excluding carboxylic acids is 1. The Bertz CT molecular complexity index is 536. The fourth-order valence-corrected chi connectivity index (χ4v) is 2.88. The Hall–Kier alpha value is -2.09. The average Bonchev–Trinajstić information content (AvgIpc) is 2.49. The zero-order valence-corrected chi connectivity index (χ0v) is 13.1. The van der Waals surface area contributed by atoms with Crippen LogP contribution in [-0.2, 0) is 15.9 Å². The maximum absolute atomic E-state index is 11.7. The summed E-state index contributed by atoms with van der Waals surface area (Å²) >= 11 is 0. The minimum atomic E-state index is -0.442. The quantitative estimate of drug-likeness (QED) is 0.751. The van der Waals surface area contributed by atoms with Crippen molar-refractivity contribution < 1.29 is 4.79 Å². The van der Waals surface area contributed by atoms with E-state index in [2.05, 4.69) is 34.1 Å². The second-order valence-corrected chi connectivity index (χ2v) is 6.28. The Morgan fingerprint density at radius 1 is 0.714 bits per heavy atom. The number of rotatable bonds is 5. The molecule has 1 radical (unpaired) electrons. The molecule has 109 valence electrons. The third-order valence-corrected chi connectivity index (χ3v) is 4.17. The Balaban J connectivity index is 2.46. The summed E-state index contributed by atoms with van der Waals surface area (Å²) in [7, 11) is 0. The zero-order chi connectivity index (χ0) is 15.5. The highest BCUT2D eigenvalue weighted by molar-refractivity contribution is 5.54. The van der Waals surface area contributed by atoms with Gasteiger partial charge in [-0.15, -0.1) is 0 Å². The predicted molar refractivity (Wildman–Crippen MR) is 86.5 cm³/mol. The van der Waals surface area contributed by atoms with Gasteiger partial charge in [0, 0.05) is 0 Å². The molecule has 2 aromatic rings. The van der Waals surface area contributed by atoms with Crippen LogP contribution in [0.15, 0.2) is 60.7 Å². The largest absolute Gasteiger partial charge is 0.316 e. The Morgan fingerprint density at radius 3 is 1.33 bits per heavy atom. The number of nitrogens with zero attached hydrogens (tertiary/aromatic N) is 1. The highest BCUT2D eigenvalue weighted by atomic mass is 16.1. The minimum Gasteiger partial charge on any atom is -0.316 e. The SMILES string of the molecule is CC(C)(c1ccccc1)N([C]=O)C(C)(C)c1ccccc1. The van der Waals surface area contributed by atoms with Crippen LogP contribution in [-0.4, -0.2) is 11.3 Å². The normalized spacial score (nSPS) is 12.0. The van der Waals surface area contributed by atoms with Gasteiger partial charge in [-0.05, 0) is 38.8 Å². The van der Waals surface area contributed by atoms with Crippen LogP contribution in [0.25, 0.3) is 0 Å². The molecule has 0 saturated carbocycles. The van der Waals surface area contributed by atoms with E-state index < -0.39 is 11.1 Å². The summed E-state index contributed by atoms with van der Waals surface area (Å²) in [5.74, 6) is 0. The van der Waals surface area contributed by atoms with Gasteiger partial charge in [-0.1, -0.05) is 60.7 Å². The van der Waals surface area contributed by atoms with Crippen molar-refractivity contribution >= 4 is 6.41 Å². The summed E-state index contributed by atoms with van der Waals surface area (Å²) in [4.78, 5) is 13.5. The lowest BCUT2D eigenvalue weighted by Crippen LogP contribution is -2.51. The first-order valence-electron chi connectivity index (χ1n) is 7.20. The van der Waals surface area contributed by atoms with E-state index in [1.807, 2.05) is 60.7 Å². The van der Waals surface area contributed by atoms with Crippen LogP contribution in [0.2, 0.25) is 0 Å². The van der Waals surface area contributed by atoms with Crippen molar-refractivity contribution in [3.8, 4) is 0 Å². The molecule has 2 heteroatoms. The van der Waals surface area contributed by atoms with Crippen LogP contribution < -0.4 is 0 Å². The minimum absolute atomic E-state index is 0.442. The van der Waals surface area contributed by atoms with Crippen molar-refractivity contribution in [2.75, 3.05) is 0 Å². The number of hydrogen-bond donors (Lipinski definition) is 0. The molecule has 2 nitrogen and oxygen atoms in total. The van der Waals surface area contributed by atoms with Crippen LogP contribution in [0, 0.1) is 0 Å². The zero-order valence-electron chi connectivity index (χ0n) is 13.1. The van der Waals surface area contributed by atoms with E-state index in [1.165, 1.54) is 0 Å². The Kier molecular flexibility index (Phi) is 4.17. The average molecular weight is 280 g/mol. The summed E-state index contributed by atoms with van der Waals surface area (Å²) in [5.41, 5.74) is 1.31. The van der Waals surface area contributed by atoms with Crippen LogP contribution in [0.5, 0.6) is 0 Å². The monoisotopic (exact) mass is 280 g/mol. The lowest BCUT2D eigenvalue weighted by molar-refractivity contribution is 0.0883. The smallest absolute Gasteiger partial charge is 0.313 e. The third-order valence-electron chi connectivity index (χ3n) is 4.17. The second-order valence-electron chi connectivity index (χ2n) is 6.28. The summed E-state index contributed by atoms with van der Waals surface area (Å²) in [6.45, 7) is 8.21. The standard InChI is InChI=1S/C19H22NO/c1-18(2,16-11-7-5-8-12-16)20(15-21)19(3,4)17-13-9-6-10-14-17/h5-14H,1-4H3. The molecule has 0 aromatic heterocycles. The summed E-state index contributed by atoms with van der Waals surface area (Å²) in [6.07, 6.45) is 2.16. The first-order valence-corrected chi connectivity index (χ1v) is 7.20.